The smallest absolute Gasteiger partial charge is 0.307 e. The summed E-state index contributed by atoms with van der Waals surface area (Å²) >= 11 is 0. The van der Waals surface area contributed by atoms with Crippen LogP contribution < -0.4 is 0 Å². The van der Waals surface area contributed by atoms with Crippen molar-refractivity contribution in [1.82, 2.24) is 0 Å². The molecule has 0 saturated heterocycles. The summed E-state index contributed by atoms with van der Waals surface area (Å²) in [6.45, 7) is 6.04. The zero-order valence-electron chi connectivity index (χ0n) is 9.58. The van der Waals surface area contributed by atoms with Crippen LogP contribution in [-0.4, -0.2) is 11.1 Å². The van der Waals surface area contributed by atoms with Crippen LogP contribution >= 0.6 is 0 Å². The van der Waals surface area contributed by atoms with E-state index < -0.39 is 5.97 Å². The Kier molecular flexibility index (Phi) is 3.89. The topological polar surface area (TPSA) is 37.3 Å². The first-order valence-electron chi connectivity index (χ1n) is 5.48. The third kappa shape index (κ3) is 2.38. The van der Waals surface area contributed by atoms with Crippen LogP contribution in [0.2, 0.25) is 0 Å². The maximum absolute atomic E-state index is 10.8. The van der Waals surface area contributed by atoms with Crippen LogP contribution in [0, 0.1) is 12.8 Å². The minimum Gasteiger partial charge on any atom is -0.481 e. The van der Waals surface area contributed by atoms with Crippen molar-refractivity contribution in [2.75, 3.05) is 0 Å². The molecular weight excluding hydrogens is 188 g/mol. The number of benzene rings is 1. The van der Waals surface area contributed by atoms with Crippen LogP contribution in [0.25, 0.3) is 0 Å². The molecule has 1 N–H and O–H groups in total. The molecule has 0 spiro atoms. The molecule has 0 heterocycles. The highest BCUT2D eigenvalue weighted by Crippen LogP contribution is 2.28. The summed E-state index contributed by atoms with van der Waals surface area (Å²) in [6, 6.07) is 6.08. The molecule has 0 saturated carbocycles. The van der Waals surface area contributed by atoms with Crippen LogP contribution in [0.1, 0.15) is 30.5 Å². The maximum Gasteiger partial charge on any atom is 0.307 e. The lowest BCUT2D eigenvalue weighted by Gasteiger charge is -2.01. The Balaban J connectivity index is 0.000000531. The fourth-order valence-corrected chi connectivity index (χ4v) is 2.01. The first-order valence-corrected chi connectivity index (χ1v) is 5.48. The highest BCUT2D eigenvalue weighted by atomic mass is 16.4. The predicted molar refractivity (Wildman–Crippen MR) is 61.1 cm³/mol. The first kappa shape index (κ1) is 11.8. The Morgan fingerprint density at radius 2 is 2.00 bits per heavy atom. The molecule has 1 atom stereocenters. The SMILES string of the molecule is CC.Cc1cccc2c1CC(C(=O)O)C2. The van der Waals surface area contributed by atoms with Gasteiger partial charge in [-0.3, -0.25) is 4.79 Å². The second-order valence-corrected chi connectivity index (χ2v) is 3.66. The zero-order chi connectivity index (χ0) is 11.4. The molecule has 1 aromatic rings. The minimum atomic E-state index is -0.671. The molecule has 0 radical (unpaired) electrons. The summed E-state index contributed by atoms with van der Waals surface area (Å²) < 4.78 is 0. The summed E-state index contributed by atoms with van der Waals surface area (Å²) in [5, 5.41) is 8.88. The second-order valence-electron chi connectivity index (χ2n) is 3.66. The van der Waals surface area contributed by atoms with Gasteiger partial charge in [-0.1, -0.05) is 32.0 Å². The molecule has 0 aromatic heterocycles. The molecule has 0 amide bonds. The number of hydrogen-bond donors (Lipinski definition) is 1. The van der Waals surface area contributed by atoms with Gasteiger partial charge >= 0.3 is 5.97 Å². The summed E-state index contributed by atoms with van der Waals surface area (Å²) in [6.07, 6.45) is 1.41. The van der Waals surface area contributed by atoms with Crippen molar-refractivity contribution >= 4 is 5.97 Å². The quantitative estimate of drug-likeness (QED) is 0.767. The van der Waals surface area contributed by atoms with Gasteiger partial charge in [0, 0.05) is 0 Å². The Morgan fingerprint density at radius 1 is 1.33 bits per heavy atom. The molecule has 82 valence electrons. The van der Waals surface area contributed by atoms with Crippen molar-refractivity contribution in [1.29, 1.82) is 0 Å². The van der Waals surface area contributed by atoms with Crippen LogP contribution in [0.4, 0.5) is 0 Å². The molecule has 1 aliphatic carbocycles. The number of rotatable bonds is 1. The number of carbonyl (C=O) groups is 1. The van der Waals surface area contributed by atoms with E-state index in [9.17, 15) is 4.79 Å². The monoisotopic (exact) mass is 206 g/mol. The third-order valence-corrected chi connectivity index (χ3v) is 2.77. The van der Waals surface area contributed by atoms with Crippen LogP contribution in [0.15, 0.2) is 18.2 Å². The van der Waals surface area contributed by atoms with Gasteiger partial charge in [0.25, 0.3) is 0 Å². The molecule has 0 fully saturated rings. The lowest BCUT2D eigenvalue weighted by Crippen LogP contribution is -2.12. The highest BCUT2D eigenvalue weighted by Gasteiger charge is 2.27. The number of hydrogen-bond acceptors (Lipinski definition) is 1. The van der Waals surface area contributed by atoms with E-state index in [1.165, 1.54) is 16.7 Å². The van der Waals surface area contributed by atoms with E-state index in [0.29, 0.717) is 12.8 Å². The molecule has 15 heavy (non-hydrogen) atoms. The van der Waals surface area contributed by atoms with E-state index in [2.05, 4.69) is 0 Å². The van der Waals surface area contributed by atoms with Crippen molar-refractivity contribution in [3.8, 4) is 0 Å². The molecule has 2 nitrogen and oxygen atoms in total. The Bertz CT molecular complexity index is 356. The summed E-state index contributed by atoms with van der Waals surface area (Å²) in [4.78, 5) is 10.8. The van der Waals surface area contributed by atoms with E-state index in [-0.39, 0.29) is 5.92 Å². The van der Waals surface area contributed by atoms with Crippen molar-refractivity contribution in [2.45, 2.75) is 33.6 Å². The van der Waals surface area contributed by atoms with Gasteiger partial charge in [0.1, 0.15) is 0 Å². The van der Waals surface area contributed by atoms with E-state index in [0.717, 1.165) is 0 Å². The standard InChI is InChI=1S/C11H12O2.C2H6/c1-7-3-2-4-8-5-9(11(12)13)6-10(7)8;1-2/h2-4,9H,5-6H2,1H3,(H,12,13);1-2H3. The molecule has 1 aliphatic rings. The maximum atomic E-state index is 10.8. The molecule has 2 rings (SSSR count). The average molecular weight is 206 g/mol. The lowest BCUT2D eigenvalue weighted by molar-refractivity contribution is -0.141. The number of fused-ring (bicyclic) bond motifs is 1. The molecule has 1 aromatic carbocycles. The van der Waals surface area contributed by atoms with Crippen molar-refractivity contribution in [3.05, 3.63) is 34.9 Å². The van der Waals surface area contributed by atoms with Crippen LogP contribution in [0.5, 0.6) is 0 Å². The van der Waals surface area contributed by atoms with Crippen LogP contribution in [-0.2, 0) is 17.6 Å². The summed E-state index contributed by atoms with van der Waals surface area (Å²) in [5.41, 5.74) is 3.68. The number of aliphatic carboxylic acids is 1. The first-order chi connectivity index (χ1) is 7.18. The van der Waals surface area contributed by atoms with Gasteiger partial charge in [-0.05, 0) is 36.5 Å². The minimum absolute atomic E-state index is 0.198. The van der Waals surface area contributed by atoms with Crippen molar-refractivity contribution in [3.63, 3.8) is 0 Å². The molecule has 1 unspecified atom stereocenters. The molecular formula is C13H18O2. The Labute approximate surface area is 90.9 Å². The number of carboxylic acids is 1. The van der Waals surface area contributed by atoms with Gasteiger partial charge in [0.2, 0.25) is 0 Å². The summed E-state index contributed by atoms with van der Waals surface area (Å²) in [5.74, 6) is -0.869. The third-order valence-electron chi connectivity index (χ3n) is 2.77. The van der Waals surface area contributed by atoms with Gasteiger partial charge in [-0.15, -0.1) is 0 Å². The van der Waals surface area contributed by atoms with E-state index in [4.69, 9.17) is 5.11 Å². The van der Waals surface area contributed by atoms with Crippen LogP contribution in [0.3, 0.4) is 0 Å². The zero-order valence-corrected chi connectivity index (χ0v) is 9.58. The fraction of sp³-hybridized carbons (Fsp3) is 0.462. The molecule has 0 aliphatic heterocycles. The summed E-state index contributed by atoms with van der Waals surface area (Å²) in [7, 11) is 0. The second kappa shape index (κ2) is 4.96. The van der Waals surface area contributed by atoms with Crippen molar-refractivity contribution in [2.24, 2.45) is 5.92 Å². The largest absolute Gasteiger partial charge is 0.481 e. The average Bonchev–Trinajstić information content (AvgIpc) is 2.66. The molecule has 0 bridgehead atoms. The highest BCUT2D eigenvalue weighted by molar-refractivity contribution is 5.72. The number of aryl methyl sites for hydroxylation is 1. The fourth-order valence-electron chi connectivity index (χ4n) is 2.01. The Hall–Kier alpha value is -1.31. The lowest BCUT2D eigenvalue weighted by atomic mass is 10.0. The van der Waals surface area contributed by atoms with Gasteiger partial charge in [-0.25, -0.2) is 0 Å². The van der Waals surface area contributed by atoms with E-state index >= 15 is 0 Å². The number of carboxylic acid groups (broad SMARTS) is 1. The van der Waals surface area contributed by atoms with E-state index in [1.807, 2.05) is 39.0 Å². The van der Waals surface area contributed by atoms with Crippen molar-refractivity contribution < 1.29 is 9.90 Å². The van der Waals surface area contributed by atoms with Gasteiger partial charge in [0.15, 0.2) is 0 Å². The predicted octanol–water partition coefficient (Wildman–Crippen LogP) is 2.82. The molecule has 2 heteroatoms. The van der Waals surface area contributed by atoms with E-state index in [1.54, 1.807) is 0 Å². The van der Waals surface area contributed by atoms with Gasteiger partial charge in [0.05, 0.1) is 5.92 Å². The van der Waals surface area contributed by atoms with Gasteiger partial charge in [-0.2, -0.15) is 0 Å². The van der Waals surface area contributed by atoms with Gasteiger partial charge < -0.3 is 5.11 Å². The Morgan fingerprint density at radius 3 is 2.53 bits per heavy atom. The normalized spacial score (nSPS) is 17.7.